The highest BCUT2D eigenvalue weighted by Gasteiger charge is 2.21. The van der Waals surface area contributed by atoms with Gasteiger partial charge in [0.05, 0.1) is 26.4 Å². The average molecular weight is 342 g/mol. The number of hydrogen-bond acceptors (Lipinski definition) is 8. The molecule has 8 heteroatoms. The summed E-state index contributed by atoms with van der Waals surface area (Å²) in [5, 5.41) is 0. The second kappa shape index (κ2) is 11.0. The Morgan fingerprint density at radius 3 is 1.29 bits per heavy atom. The van der Waals surface area contributed by atoms with Crippen LogP contribution in [-0.2, 0) is 38.1 Å². The fourth-order valence-corrected chi connectivity index (χ4v) is 1.26. The molecule has 0 fully saturated rings. The predicted molar refractivity (Wildman–Crippen MR) is 82.6 cm³/mol. The molecule has 0 spiro atoms. The molecule has 0 amide bonds. The molecule has 0 saturated heterocycles. The molecule has 0 rings (SSSR count). The van der Waals surface area contributed by atoms with E-state index in [1.165, 1.54) is 0 Å². The Balaban J connectivity index is 4.21. The van der Waals surface area contributed by atoms with Crippen LogP contribution in [0.25, 0.3) is 0 Å². The lowest BCUT2D eigenvalue weighted by Gasteiger charge is -2.13. The van der Waals surface area contributed by atoms with E-state index in [1.807, 2.05) is 0 Å². The SMILES string of the molecule is C=C(C(=O)OCC)C(=O)OCC(C)COC(=O)C(=C)C(=O)OCC. The molecule has 0 saturated carbocycles. The zero-order valence-corrected chi connectivity index (χ0v) is 14.1. The maximum atomic E-state index is 11.6. The fourth-order valence-electron chi connectivity index (χ4n) is 1.26. The van der Waals surface area contributed by atoms with Gasteiger partial charge >= 0.3 is 23.9 Å². The molecule has 24 heavy (non-hydrogen) atoms. The van der Waals surface area contributed by atoms with E-state index in [0.29, 0.717) is 0 Å². The van der Waals surface area contributed by atoms with Gasteiger partial charge in [-0.2, -0.15) is 0 Å². The van der Waals surface area contributed by atoms with Gasteiger partial charge in [0, 0.05) is 5.92 Å². The second-order valence-electron chi connectivity index (χ2n) is 4.70. The highest BCUT2D eigenvalue weighted by Crippen LogP contribution is 2.05. The molecule has 8 nitrogen and oxygen atoms in total. The number of rotatable bonds is 10. The van der Waals surface area contributed by atoms with Crippen LogP contribution >= 0.6 is 0 Å². The van der Waals surface area contributed by atoms with Gasteiger partial charge in [-0.3, -0.25) is 0 Å². The van der Waals surface area contributed by atoms with Crippen LogP contribution in [0.2, 0.25) is 0 Å². The molecule has 0 unspecified atom stereocenters. The van der Waals surface area contributed by atoms with E-state index in [0.717, 1.165) is 0 Å². The van der Waals surface area contributed by atoms with E-state index < -0.39 is 35.0 Å². The van der Waals surface area contributed by atoms with Gasteiger partial charge in [0.1, 0.15) is 11.1 Å². The van der Waals surface area contributed by atoms with E-state index in [1.54, 1.807) is 20.8 Å². The summed E-state index contributed by atoms with van der Waals surface area (Å²) >= 11 is 0. The highest BCUT2D eigenvalue weighted by atomic mass is 16.6. The van der Waals surface area contributed by atoms with Gasteiger partial charge in [-0.05, 0) is 13.8 Å². The van der Waals surface area contributed by atoms with Crippen molar-refractivity contribution in [1.29, 1.82) is 0 Å². The molecular formula is C16H22O8. The molecule has 0 radical (unpaired) electrons. The number of carbonyl (C=O) groups excluding carboxylic acids is 4. The van der Waals surface area contributed by atoms with Gasteiger partial charge < -0.3 is 18.9 Å². The molecule has 0 aromatic heterocycles. The van der Waals surface area contributed by atoms with Crippen molar-refractivity contribution in [3.63, 3.8) is 0 Å². The zero-order chi connectivity index (χ0) is 18.7. The normalized spacial score (nSPS) is 9.83. The average Bonchev–Trinajstić information content (AvgIpc) is 2.56. The van der Waals surface area contributed by atoms with Crippen LogP contribution in [0.5, 0.6) is 0 Å². The third kappa shape index (κ3) is 7.57. The summed E-state index contributed by atoms with van der Waals surface area (Å²) in [4.78, 5) is 45.7. The number of ether oxygens (including phenoxy) is 4. The Kier molecular flexibility index (Phi) is 9.77. The molecule has 0 atom stereocenters. The van der Waals surface area contributed by atoms with Crippen molar-refractivity contribution in [3.8, 4) is 0 Å². The number of carbonyl (C=O) groups is 4. The minimum absolute atomic E-state index is 0.113. The summed E-state index contributed by atoms with van der Waals surface area (Å²) in [7, 11) is 0. The lowest BCUT2D eigenvalue weighted by molar-refractivity contribution is -0.148. The van der Waals surface area contributed by atoms with Gasteiger partial charge in [-0.1, -0.05) is 20.1 Å². The maximum absolute atomic E-state index is 11.6. The first-order chi connectivity index (χ1) is 11.2. The summed E-state index contributed by atoms with van der Waals surface area (Å²) in [6, 6.07) is 0. The van der Waals surface area contributed by atoms with Crippen LogP contribution in [0.4, 0.5) is 0 Å². The standard InChI is InChI=1S/C16H22O8/c1-6-21-13(17)11(4)15(19)23-8-10(3)9-24-16(20)12(5)14(18)22-7-2/h10H,4-9H2,1-3H3. The van der Waals surface area contributed by atoms with E-state index in [-0.39, 0.29) is 32.3 Å². The van der Waals surface area contributed by atoms with Gasteiger partial charge in [0.15, 0.2) is 0 Å². The largest absolute Gasteiger partial charge is 0.462 e. The summed E-state index contributed by atoms with van der Waals surface area (Å²) in [6.07, 6.45) is 0. The molecule has 0 aromatic carbocycles. The first kappa shape index (κ1) is 21.4. The summed E-state index contributed by atoms with van der Waals surface area (Å²) in [5.41, 5.74) is -0.839. The minimum atomic E-state index is -0.914. The Labute approximate surface area is 140 Å². The predicted octanol–water partition coefficient (Wildman–Crippen LogP) is 0.947. The molecule has 0 aliphatic rings. The smallest absolute Gasteiger partial charge is 0.344 e. The van der Waals surface area contributed by atoms with Crippen LogP contribution in [0.1, 0.15) is 20.8 Å². The second-order valence-corrected chi connectivity index (χ2v) is 4.70. The van der Waals surface area contributed by atoms with Crippen molar-refractivity contribution < 1.29 is 38.1 Å². The van der Waals surface area contributed by atoms with Gasteiger partial charge in [-0.15, -0.1) is 0 Å². The summed E-state index contributed by atoms with van der Waals surface area (Å²) in [5.74, 6) is -3.91. The first-order valence-corrected chi connectivity index (χ1v) is 7.30. The molecule has 0 bridgehead atoms. The molecule has 0 heterocycles. The van der Waals surface area contributed by atoms with Gasteiger partial charge in [0.25, 0.3) is 0 Å². The van der Waals surface area contributed by atoms with Crippen molar-refractivity contribution in [2.24, 2.45) is 5.92 Å². The van der Waals surface area contributed by atoms with Crippen LogP contribution in [0, 0.1) is 5.92 Å². The van der Waals surface area contributed by atoms with E-state index in [2.05, 4.69) is 22.6 Å². The fraction of sp³-hybridized carbons (Fsp3) is 0.500. The topological polar surface area (TPSA) is 105 Å². The first-order valence-electron chi connectivity index (χ1n) is 7.30. The summed E-state index contributed by atoms with van der Waals surface area (Å²) in [6.45, 7) is 11.4. The molecule has 0 aliphatic heterocycles. The van der Waals surface area contributed by atoms with Gasteiger partial charge in [0.2, 0.25) is 0 Å². The monoisotopic (exact) mass is 342 g/mol. The third-order valence-electron chi connectivity index (χ3n) is 2.53. The molecule has 0 N–H and O–H groups in total. The van der Waals surface area contributed by atoms with Crippen molar-refractivity contribution in [1.82, 2.24) is 0 Å². The Morgan fingerprint density at radius 1 is 0.708 bits per heavy atom. The highest BCUT2D eigenvalue weighted by molar-refractivity contribution is 6.13. The van der Waals surface area contributed by atoms with Crippen molar-refractivity contribution in [3.05, 3.63) is 24.3 Å². The van der Waals surface area contributed by atoms with E-state index in [4.69, 9.17) is 9.47 Å². The number of esters is 4. The van der Waals surface area contributed by atoms with Crippen LogP contribution in [0.3, 0.4) is 0 Å². The van der Waals surface area contributed by atoms with E-state index in [9.17, 15) is 19.2 Å². The molecule has 134 valence electrons. The zero-order valence-electron chi connectivity index (χ0n) is 14.1. The Hall–Kier alpha value is -2.64. The van der Waals surface area contributed by atoms with Crippen molar-refractivity contribution in [2.75, 3.05) is 26.4 Å². The Bertz CT molecular complexity index is 474. The lowest BCUT2D eigenvalue weighted by atomic mass is 10.2. The quantitative estimate of drug-likeness (QED) is 0.190. The van der Waals surface area contributed by atoms with Crippen molar-refractivity contribution in [2.45, 2.75) is 20.8 Å². The molecular weight excluding hydrogens is 320 g/mol. The van der Waals surface area contributed by atoms with Crippen LogP contribution in [0.15, 0.2) is 24.3 Å². The Morgan fingerprint density at radius 2 is 1.00 bits per heavy atom. The van der Waals surface area contributed by atoms with Gasteiger partial charge in [-0.25, -0.2) is 19.2 Å². The summed E-state index contributed by atoms with van der Waals surface area (Å²) < 4.78 is 19.0. The minimum Gasteiger partial charge on any atom is -0.462 e. The van der Waals surface area contributed by atoms with E-state index >= 15 is 0 Å². The lowest BCUT2D eigenvalue weighted by Crippen LogP contribution is -2.23. The third-order valence-corrected chi connectivity index (χ3v) is 2.53. The maximum Gasteiger partial charge on any atom is 0.344 e. The van der Waals surface area contributed by atoms with Crippen LogP contribution in [-0.4, -0.2) is 50.3 Å². The molecule has 0 aromatic rings. The van der Waals surface area contributed by atoms with Crippen LogP contribution < -0.4 is 0 Å². The van der Waals surface area contributed by atoms with Crippen molar-refractivity contribution >= 4 is 23.9 Å². The molecule has 0 aliphatic carbocycles. The number of hydrogen-bond donors (Lipinski definition) is 0.